The number of nitrogens with two attached hydrogens (primary N) is 1. The van der Waals surface area contributed by atoms with Gasteiger partial charge in [0.05, 0.1) is 0 Å². The molecule has 0 aromatic rings. The Labute approximate surface area is 98.5 Å². The second kappa shape index (κ2) is 6.09. The highest BCUT2D eigenvalue weighted by molar-refractivity contribution is 5.82. The van der Waals surface area contributed by atoms with Crippen molar-refractivity contribution in [1.29, 1.82) is 0 Å². The number of hydrogen-bond acceptors (Lipinski definition) is 3. The van der Waals surface area contributed by atoms with Crippen LogP contribution in [0.1, 0.15) is 39.5 Å². The van der Waals surface area contributed by atoms with Gasteiger partial charge in [-0.3, -0.25) is 0 Å². The smallest absolute Gasteiger partial charge is 0.143 e. The Bertz CT molecular complexity index is 242. The van der Waals surface area contributed by atoms with Crippen LogP contribution in [-0.2, 0) is 0 Å². The summed E-state index contributed by atoms with van der Waals surface area (Å²) in [7, 11) is 2.14. The first kappa shape index (κ1) is 13.3. The normalized spacial score (nSPS) is 29.4. The van der Waals surface area contributed by atoms with Crippen LogP contribution in [0.15, 0.2) is 5.16 Å². The number of oxime groups is 1. The third kappa shape index (κ3) is 3.67. The lowest BCUT2D eigenvalue weighted by atomic mass is 9.86. The van der Waals surface area contributed by atoms with Gasteiger partial charge in [0.25, 0.3) is 0 Å². The molecular formula is C12H25N3O. The quantitative estimate of drug-likeness (QED) is 0.333. The van der Waals surface area contributed by atoms with Crippen molar-refractivity contribution in [3.05, 3.63) is 0 Å². The van der Waals surface area contributed by atoms with E-state index in [1.54, 1.807) is 0 Å². The second-order valence-electron chi connectivity index (χ2n) is 5.29. The average Bonchev–Trinajstić information content (AvgIpc) is 2.27. The first-order valence-electron chi connectivity index (χ1n) is 6.22. The molecule has 94 valence electrons. The van der Waals surface area contributed by atoms with Crippen molar-refractivity contribution in [1.82, 2.24) is 4.90 Å². The summed E-state index contributed by atoms with van der Waals surface area (Å²) in [4.78, 5) is 2.36. The minimum atomic E-state index is 0.118. The van der Waals surface area contributed by atoms with Crippen LogP contribution in [0.4, 0.5) is 0 Å². The van der Waals surface area contributed by atoms with E-state index in [0.717, 1.165) is 12.5 Å². The van der Waals surface area contributed by atoms with Gasteiger partial charge in [-0.05, 0) is 25.8 Å². The fraction of sp³-hybridized carbons (Fsp3) is 0.917. The van der Waals surface area contributed by atoms with Crippen molar-refractivity contribution >= 4 is 5.84 Å². The van der Waals surface area contributed by atoms with Crippen molar-refractivity contribution in [2.75, 3.05) is 13.6 Å². The summed E-state index contributed by atoms with van der Waals surface area (Å²) < 4.78 is 0. The molecule has 1 aliphatic rings. The predicted octanol–water partition coefficient (Wildman–Crippen LogP) is 1.88. The molecular weight excluding hydrogens is 202 g/mol. The first-order chi connectivity index (χ1) is 7.54. The summed E-state index contributed by atoms with van der Waals surface area (Å²) in [5.74, 6) is 1.28. The lowest BCUT2D eigenvalue weighted by Crippen LogP contribution is -2.40. The van der Waals surface area contributed by atoms with E-state index in [9.17, 15) is 0 Å². The molecule has 4 heteroatoms. The summed E-state index contributed by atoms with van der Waals surface area (Å²) in [6, 6.07) is 0.665. The van der Waals surface area contributed by atoms with E-state index in [1.807, 2.05) is 6.92 Å². The Kier molecular flexibility index (Phi) is 5.06. The van der Waals surface area contributed by atoms with Crippen LogP contribution < -0.4 is 5.73 Å². The molecule has 0 aromatic carbocycles. The minimum absolute atomic E-state index is 0.118. The lowest BCUT2D eigenvalue weighted by molar-refractivity contribution is 0.156. The maximum Gasteiger partial charge on any atom is 0.143 e. The maximum atomic E-state index is 8.61. The molecule has 0 amide bonds. The van der Waals surface area contributed by atoms with Crippen LogP contribution in [0.5, 0.6) is 0 Å². The Balaban J connectivity index is 2.42. The zero-order valence-electron chi connectivity index (χ0n) is 10.7. The van der Waals surface area contributed by atoms with Crippen molar-refractivity contribution in [2.24, 2.45) is 22.7 Å². The monoisotopic (exact) mass is 227 g/mol. The fourth-order valence-electron chi connectivity index (χ4n) is 2.58. The van der Waals surface area contributed by atoms with Gasteiger partial charge in [0.2, 0.25) is 0 Å². The van der Waals surface area contributed by atoms with Crippen molar-refractivity contribution in [2.45, 2.75) is 45.6 Å². The summed E-state index contributed by atoms with van der Waals surface area (Å²) in [5.41, 5.74) is 5.59. The first-order valence-corrected chi connectivity index (χ1v) is 6.22. The second-order valence-corrected chi connectivity index (χ2v) is 5.29. The van der Waals surface area contributed by atoms with Crippen LogP contribution in [0, 0.1) is 11.8 Å². The molecule has 0 saturated heterocycles. The van der Waals surface area contributed by atoms with Gasteiger partial charge in [0, 0.05) is 18.5 Å². The lowest BCUT2D eigenvalue weighted by Gasteiger charge is -2.35. The van der Waals surface area contributed by atoms with Gasteiger partial charge in [0.1, 0.15) is 5.84 Å². The van der Waals surface area contributed by atoms with Crippen LogP contribution in [0.2, 0.25) is 0 Å². The Hall–Kier alpha value is -0.770. The van der Waals surface area contributed by atoms with Gasteiger partial charge >= 0.3 is 0 Å². The summed E-state index contributed by atoms with van der Waals surface area (Å²) in [6.07, 6.45) is 5.25. The molecule has 0 spiro atoms. The molecule has 0 bridgehead atoms. The maximum absolute atomic E-state index is 8.61. The highest BCUT2D eigenvalue weighted by Crippen LogP contribution is 2.26. The predicted molar refractivity (Wildman–Crippen MR) is 66.6 cm³/mol. The minimum Gasteiger partial charge on any atom is -0.409 e. The van der Waals surface area contributed by atoms with Crippen LogP contribution >= 0.6 is 0 Å². The molecule has 0 aliphatic heterocycles. The molecule has 0 radical (unpaired) electrons. The number of rotatable bonds is 4. The largest absolute Gasteiger partial charge is 0.409 e. The highest BCUT2D eigenvalue weighted by atomic mass is 16.4. The molecule has 0 aromatic heterocycles. The number of amidine groups is 1. The average molecular weight is 227 g/mol. The third-order valence-electron chi connectivity index (χ3n) is 3.71. The number of hydrogen-bond donors (Lipinski definition) is 2. The molecule has 3 atom stereocenters. The highest BCUT2D eigenvalue weighted by Gasteiger charge is 2.23. The van der Waals surface area contributed by atoms with E-state index in [0.29, 0.717) is 11.9 Å². The van der Waals surface area contributed by atoms with E-state index < -0.39 is 0 Å². The van der Waals surface area contributed by atoms with E-state index >= 15 is 0 Å². The molecule has 1 rings (SSSR count). The van der Waals surface area contributed by atoms with Gasteiger partial charge < -0.3 is 15.8 Å². The Morgan fingerprint density at radius 2 is 2.25 bits per heavy atom. The van der Waals surface area contributed by atoms with Crippen molar-refractivity contribution < 1.29 is 5.21 Å². The van der Waals surface area contributed by atoms with Gasteiger partial charge in [-0.25, -0.2) is 0 Å². The SMILES string of the molecule is CC1CCCC(N(C)CC(C)C(N)=NO)C1. The zero-order valence-corrected chi connectivity index (χ0v) is 10.7. The van der Waals surface area contributed by atoms with E-state index in [-0.39, 0.29) is 5.92 Å². The molecule has 4 nitrogen and oxygen atoms in total. The summed E-state index contributed by atoms with van der Waals surface area (Å²) in [6.45, 7) is 5.19. The van der Waals surface area contributed by atoms with Gasteiger partial charge in [-0.2, -0.15) is 0 Å². The van der Waals surface area contributed by atoms with Crippen molar-refractivity contribution in [3.63, 3.8) is 0 Å². The van der Waals surface area contributed by atoms with E-state index in [4.69, 9.17) is 10.9 Å². The van der Waals surface area contributed by atoms with Crippen LogP contribution in [0.3, 0.4) is 0 Å². The Morgan fingerprint density at radius 3 is 2.81 bits per heavy atom. The summed E-state index contributed by atoms with van der Waals surface area (Å²) in [5, 5.41) is 11.7. The van der Waals surface area contributed by atoms with Crippen molar-refractivity contribution in [3.8, 4) is 0 Å². The standard InChI is InChI=1S/C12H25N3O/c1-9-5-4-6-11(7-9)15(3)8-10(2)12(13)14-16/h9-11,16H,4-8H2,1-3H3,(H2,13,14). The molecule has 1 saturated carbocycles. The molecule has 16 heavy (non-hydrogen) atoms. The van der Waals surface area contributed by atoms with E-state index in [2.05, 4.69) is 24.0 Å². The molecule has 3 unspecified atom stereocenters. The van der Waals surface area contributed by atoms with E-state index in [1.165, 1.54) is 25.7 Å². The van der Waals surface area contributed by atoms with Gasteiger partial charge in [0.15, 0.2) is 0 Å². The molecule has 0 heterocycles. The Morgan fingerprint density at radius 1 is 1.56 bits per heavy atom. The topological polar surface area (TPSA) is 61.8 Å². The third-order valence-corrected chi connectivity index (χ3v) is 3.71. The van der Waals surface area contributed by atoms with Gasteiger partial charge in [-0.1, -0.05) is 31.8 Å². The molecule has 3 N–H and O–H groups in total. The summed E-state index contributed by atoms with van der Waals surface area (Å²) >= 11 is 0. The van der Waals surface area contributed by atoms with Gasteiger partial charge in [-0.15, -0.1) is 0 Å². The number of nitrogens with zero attached hydrogens (tertiary/aromatic N) is 2. The van der Waals surface area contributed by atoms with Crippen LogP contribution in [-0.4, -0.2) is 35.6 Å². The van der Waals surface area contributed by atoms with Crippen LogP contribution in [0.25, 0.3) is 0 Å². The fourth-order valence-corrected chi connectivity index (χ4v) is 2.58. The molecule has 1 aliphatic carbocycles. The molecule has 1 fully saturated rings. The zero-order chi connectivity index (χ0) is 12.1.